The van der Waals surface area contributed by atoms with Crippen molar-refractivity contribution in [2.45, 2.75) is 32.9 Å². The zero-order valence-electron chi connectivity index (χ0n) is 15.3. The number of nitrogens with zero attached hydrogens (tertiary/aromatic N) is 4. The average Bonchev–Trinajstić information content (AvgIpc) is 2.96. The number of carbonyl (C=O) groups excluding carboxylic acids is 1. The van der Waals surface area contributed by atoms with Gasteiger partial charge in [0.2, 0.25) is 0 Å². The van der Waals surface area contributed by atoms with Gasteiger partial charge in [0.1, 0.15) is 17.7 Å². The van der Waals surface area contributed by atoms with Gasteiger partial charge in [-0.05, 0) is 39.0 Å². The fourth-order valence-electron chi connectivity index (χ4n) is 2.32. The molecule has 0 unspecified atom stereocenters. The molecule has 0 spiro atoms. The van der Waals surface area contributed by atoms with Gasteiger partial charge in [-0.2, -0.15) is 5.26 Å². The second kappa shape index (κ2) is 7.26. The summed E-state index contributed by atoms with van der Waals surface area (Å²) in [5.74, 6) is 1.41. The number of nitriles is 1. The van der Waals surface area contributed by atoms with Crippen molar-refractivity contribution >= 4 is 17.7 Å². The van der Waals surface area contributed by atoms with Gasteiger partial charge < -0.3 is 14.8 Å². The molecule has 0 saturated heterocycles. The highest BCUT2D eigenvalue weighted by Gasteiger charge is 2.19. The van der Waals surface area contributed by atoms with Gasteiger partial charge in [0, 0.05) is 25.8 Å². The predicted octanol–water partition coefficient (Wildman–Crippen LogP) is 2.90. The number of rotatable bonds is 4. The molecule has 2 aromatic rings. The van der Waals surface area contributed by atoms with Crippen molar-refractivity contribution in [3.8, 4) is 6.07 Å². The van der Waals surface area contributed by atoms with E-state index in [1.807, 2.05) is 62.5 Å². The molecule has 0 radical (unpaired) electrons. The SMILES string of the molecule is CN(C)c1cccc(CNC(=O)Nc2cc(C#N)cn2C(C)(C)C)n1. The number of carbonyl (C=O) groups is 1. The van der Waals surface area contributed by atoms with Crippen LogP contribution >= 0.6 is 0 Å². The maximum atomic E-state index is 12.2. The molecular formula is C18H24N6O. The third-order valence-electron chi connectivity index (χ3n) is 3.59. The van der Waals surface area contributed by atoms with Crippen LogP contribution in [0.3, 0.4) is 0 Å². The Labute approximate surface area is 148 Å². The van der Waals surface area contributed by atoms with Gasteiger partial charge in [0.15, 0.2) is 0 Å². The Morgan fingerprint density at radius 3 is 2.68 bits per heavy atom. The lowest BCUT2D eigenvalue weighted by Crippen LogP contribution is -2.31. The lowest BCUT2D eigenvalue weighted by Gasteiger charge is -2.24. The monoisotopic (exact) mass is 340 g/mol. The van der Waals surface area contributed by atoms with Gasteiger partial charge in [0.05, 0.1) is 17.8 Å². The highest BCUT2D eigenvalue weighted by molar-refractivity contribution is 5.88. The average molecular weight is 340 g/mol. The standard InChI is InChI=1S/C18H24N6O/c1-18(2,3)24-12-13(10-19)9-16(24)22-17(25)20-11-14-7-6-8-15(21-14)23(4)5/h6-9,12H,11H2,1-5H3,(H2,20,22,25). The summed E-state index contributed by atoms with van der Waals surface area (Å²) in [6.45, 7) is 6.34. The van der Waals surface area contributed by atoms with Crippen LogP contribution < -0.4 is 15.5 Å². The molecule has 0 bridgehead atoms. The molecule has 0 aliphatic heterocycles. The molecule has 7 nitrogen and oxygen atoms in total. The van der Waals surface area contributed by atoms with Gasteiger partial charge in [-0.15, -0.1) is 0 Å². The molecule has 0 saturated carbocycles. The van der Waals surface area contributed by atoms with Crippen molar-refractivity contribution in [2.75, 3.05) is 24.3 Å². The van der Waals surface area contributed by atoms with Gasteiger partial charge in [-0.3, -0.25) is 5.32 Å². The number of aromatic nitrogens is 2. The van der Waals surface area contributed by atoms with E-state index in [1.165, 1.54) is 0 Å². The van der Waals surface area contributed by atoms with Crippen LogP contribution in [0.15, 0.2) is 30.5 Å². The van der Waals surface area contributed by atoms with Crippen molar-refractivity contribution in [1.29, 1.82) is 5.26 Å². The van der Waals surface area contributed by atoms with E-state index in [0.717, 1.165) is 11.5 Å². The fourth-order valence-corrected chi connectivity index (χ4v) is 2.32. The third kappa shape index (κ3) is 4.73. The van der Waals surface area contributed by atoms with Gasteiger partial charge >= 0.3 is 6.03 Å². The van der Waals surface area contributed by atoms with Crippen molar-refractivity contribution in [2.24, 2.45) is 0 Å². The van der Waals surface area contributed by atoms with E-state index in [0.29, 0.717) is 17.9 Å². The molecule has 0 fully saturated rings. The summed E-state index contributed by atoms with van der Waals surface area (Å²) in [6, 6.07) is 9.09. The van der Waals surface area contributed by atoms with Crippen LogP contribution in [-0.4, -0.2) is 29.7 Å². The molecular weight excluding hydrogens is 316 g/mol. The van der Waals surface area contributed by atoms with E-state index in [4.69, 9.17) is 5.26 Å². The summed E-state index contributed by atoms with van der Waals surface area (Å²) in [5, 5.41) is 14.7. The number of pyridine rings is 1. The molecule has 2 N–H and O–H groups in total. The van der Waals surface area contributed by atoms with Crippen molar-refractivity contribution in [1.82, 2.24) is 14.9 Å². The molecule has 0 atom stereocenters. The minimum Gasteiger partial charge on any atom is -0.363 e. The van der Waals surface area contributed by atoms with Gasteiger partial charge in [-0.25, -0.2) is 9.78 Å². The van der Waals surface area contributed by atoms with Crippen molar-refractivity contribution < 1.29 is 4.79 Å². The van der Waals surface area contributed by atoms with E-state index in [2.05, 4.69) is 21.7 Å². The maximum absolute atomic E-state index is 12.2. The molecule has 7 heteroatoms. The number of urea groups is 1. The number of hydrogen-bond donors (Lipinski definition) is 2. The normalized spacial score (nSPS) is 10.9. The predicted molar refractivity (Wildman–Crippen MR) is 98.6 cm³/mol. The molecule has 2 rings (SSSR count). The summed E-state index contributed by atoms with van der Waals surface area (Å²) in [4.78, 5) is 18.6. The first-order valence-electron chi connectivity index (χ1n) is 8.02. The fraction of sp³-hybridized carbons (Fsp3) is 0.389. The van der Waals surface area contributed by atoms with Crippen molar-refractivity contribution in [3.63, 3.8) is 0 Å². The topological polar surface area (TPSA) is 86.0 Å². The van der Waals surface area contributed by atoms with Gasteiger partial charge in [0.25, 0.3) is 0 Å². The minimum absolute atomic E-state index is 0.251. The Hall–Kier alpha value is -3.01. The molecule has 2 aromatic heterocycles. The summed E-state index contributed by atoms with van der Waals surface area (Å²) in [7, 11) is 3.83. The summed E-state index contributed by atoms with van der Waals surface area (Å²) >= 11 is 0. The second-order valence-electron chi connectivity index (χ2n) is 6.96. The molecule has 25 heavy (non-hydrogen) atoms. The van der Waals surface area contributed by atoms with Gasteiger partial charge in [-0.1, -0.05) is 6.07 Å². The van der Waals surface area contributed by atoms with Crippen LogP contribution in [0.4, 0.5) is 16.4 Å². The Bertz CT molecular complexity index is 795. The van der Waals surface area contributed by atoms with Crippen LogP contribution in [0.2, 0.25) is 0 Å². The molecule has 2 amide bonds. The Morgan fingerprint density at radius 1 is 1.36 bits per heavy atom. The highest BCUT2D eigenvalue weighted by Crippen LogP contribution is 2.23. The summed E-state index contributed by atoms with van der Waals surface area (Å²) < 4.78 is 1.87. The lowest BCUT2D eigenvalue weighted by molar-refractivity contribution is 0.251. The summed E-state index contributed by atoms with van der Waals surface area (Å²) in [6.07, 6.45) is 1.73. The van der Waals surface area contributed by atoms with Crippen LogP contribution in [0.25, 0.3) is 0 Å². The Kier molecular flexibility index (Phi) is 5.32. The van der Waals surface area contributed by atoms with Crippen LogP contribution in [0, 0.1) is 11.3 Å². The number of nitrogens with one attached hydrogen (secondary N) is 2. The third-order valence-corrected chi connectivity index (χ3v) is 3.59. The molecule has 2 heterocycles. The second-order valence-corrected chi connectivity index (χ2v) is 6.96. The van der Waals surface area contributed by atoms with Crippen LogP contribution in [0.1, 0.15) is 32.0 Å². The highest BCUT2D eigenvalue weighted by atomic mass is 16.2. The van der Waals surface area contributed by atoms with E-state index in [-0.39, 0.29) is 11.6 Å². The van der Waals surface area contributed by atoms with E-state index in [1.54, 1.807) is 12.3 Å². The largest absolute Gasteiger partial charge is 0.363 e. The smallest absolute Gasteiger partial charge is 0.320 e. The quantitative estimate of drug-likeness (QED) is 0.896. The van der Waals surface area contributed by atoms with E-state index >= 15 is 0 Å². The first-order valence-corrected chi connectivity index (χ1v) is 8.02. The van der Waals surface area contributed by atoms with Crippen LogP contribution in [-0.2, 0) is 12.1 Å². The van der Waals surface area contributed by atoms with Crippen LogP contribution in [0.5, 0.6) is 0 Å². The molecule has 0 aliphatic rings. The maximum Gasteiger partial charge on any atom is 0.320 e. The Balaban J connectivity index is 2.05. The van der Waals surface area contributed by atoms with E-state index in [9.17, 15) is 4.79 Å². The molecule has 0 aromatic carbocycles. The zero-order chi connectivity index (χ0) is 18.6. The minimum atomic E-state index is -0.342. The molecule has 132 valence electrons. The number of amides is 2. The number of hydrogen-bond acceptors (Lipinski definition) is 4. The summed E-state index contributed by atoms with van der Waals surface area (Å²) in [5.41, 5.74) is 1.02. The first-order chi connectivity index (χ1) is 11.7. The lowest BCUT2D eigenvalue weighted by atomic mass is 10.1. The van der Waals surface area contributed by atoms with Crippen molar-refractivity contribution in [3.05, 3.63) is 41.7 Å². The van der Waals surface area contributed by atoms with E-state index < -0.39 is 0 Å². The first kappa shape index (κ1) is 18.3. The number of anilines is 2. The zero-order valence-corrected chi connectivity index (χ0v) is 15.3. The Morgan fingerprint density at radius 2 is 2.08 bits per heavy atom. The molecule has 0 aliphatic carbocycles.